The molecule has 0 aliphatic rings. The van der Waals surface area contributed by atoms with E-state index >= 15 is 0 Å². The maximum absolute atomic E-state index is 5.29. The maximum atomic E-state index is 5.29. The Bertz CT molecular complexity index is 434. The SMILES string of the molecule is CCOCc1nc2ccc(C)cc2[nH]1. The van der Waals surface area contributed by atoms with E-state index in [0.29, 0.717) is 6.61 Å². The number of benzene rings is 1. The molecule has 0 unspecified atom stereocenters. The Hall–Kier alpha value is -1.35. The summed E-state index contributed by atoms with van der Waals surface area (Å²) in [6.07, 6.45) is 0. The normalized spacial score (nSPS) is 11.0. The van der Waals surface area contributed by atoms with Crippen LogP contribution in [0, 0.1) is 6.92 Å². The summed E-state index contributed by atoms with van der Waals surface area (Å²) in [6.45, 7) is 5.33. The van der Waals surface area contributed by atoms with Crippen molar-refractivity contribution in [2.45, 2.75) is 20.5 Å². The average molecular weight is 190 g/mol. The highest BCUT2D eigenvalue weighted by Crippen LogP contribution is 2.13. The van der Waals surface area contributed by atoms with Crippen LogP contribution in [0.15, 0.2) is 18.2 Å². The molecule has 3 heteroatoms. The molecule has 74 valence electrons. The highest BCUT2D eigenvalue weighted by atomic mass is 16.5. The van der Waals surface area contributed by atoms with Crippen molar-refractivity contribution < 1.29 is 4.74 Å². The number of fused-ring (bicyclic) bond motifs is 1. The van der Waals surface area contributed by atoms with Crippen LogP contribution in [0.1, 0.15) is 18.3 Å². The van der Waals surface area contributed by atoms with Crippen LogP contribution in [0.4, 0.5) is 0 Å². The molecule has 0 atom stereocenters. The second kappa shape index (κ2) is 3.80. The fourth-order valence-electron chi connectivity index (χ4n) is 1.44. The standard InChI is InChI=1S/C11H14N2O/c1-3-14-7-11-12-9-5-4-8(2)6-10(9)13-11/h4-6H,3,7H2,1-2H3,(H,12,13). The van der Waals surface area contributed by atoms with E-state index in [-0.39, 0.29) is 0 Å². The van der Waals surface area contributed by atoms with Crippen LogP contribution in [0.25, 0.3) is 11.0 Å². The van der Waals surface area contributed by atoms with Gasteiger partial charge in [-0.3, -0.25) is 0 Å². The van der Waals surface area contributed by atoms with Gasteiger partial charge in [-0.2, -0.15) is 0 Å². The van der Waals surface area contributed by atoms with Crippen LogP contribution < -0.4 is 0 Å². The third kappa shape index (κ3) is 1.77. The molecule has 0 aliphatic carbocycles. The summed E-state index contributed by atoms with van der Waals surface area (Å²) in [7, 11) is 0. The van der Waals surface area contributed by atoms with Gasteiger partial charge in [-0.25, -0.2) is 4.98 Å². The van der Waals surface area contributed by atoms with Crippen molar-refractivity contribution in [3.63, 3.8) is 0 Å². The second-order valence-electron chi connectivity index (χ2n) is 3.34. The van der Waals surface area contributed by atoms with Crippen molar-refractivity contribution in [1.82, 2.24) is 9.97 Å². The minimum absolute atomic E-state index is 0.560. The topological polar surface area (TPSA) is 37.9 Å². The fourth-order valence-corrected chi connectivity index (χ4v) is 1.44. The molecule has 0 amide bonds. The molecule has 0 bridgehead atoms. The Morgan fingerprint density at radius 1 is 1.43 bits per heavy atom. The van der Waals surface area contributed by atoms with Crippen molar-refractivity contribution in [2.24, 2.45) is 0 Å². The number of H-pyrrole nitrogens is 1. The van der Waals surface area contributed by atoms with E-state index in [4.69, 9.17) is 4.74 Å². The first kappa shape index (κ1) is 9.21. The Labute approximate surface area is 83.1 Å². The van der Waals surface area contributed by atoms with Crippen molar-refractivity contribution in [3.05, 3.63) is 29.6 Å². The number of ether oxygens (including phenoxy) is 1. The van der Waals surface area contributed by atoms with Gasteiger partial charge in [0.15, 0.2) is 0 Å². The van der Waals surface area contributed by atoms with Crippen LogP contribution >= 0.6 is 0 Å². The lowest BCUT2D eigenvalue weighted by Gasteiger charge is -1.94. The quantitative estimate of drug-likeness (QED) is 0.807. The first-order chi connectivity index (χ1) is 6.79. The van der Waals surface area contributed by atoms with Crippen LogP contribution in [0.5, 0.6) is 0 Å². The molecule has 1 aromatic heterocycles. The number of imidazole rings is 1. The zero-order valence-corrected chi connectivity index (χ0v) is 8.50. The second-order valence-corrected chi connectivity index (χ2v) is 3.34. The number of nitrogens with zero attached hydrogens (tertiary/aromatic N) is 1. The summed E-state index contributed by atoms with van der Waals surface area (Å²) in [5.74, 6) is 0.896. The molecule has 1 N–H and O–H groups in total. The Balaban J connectivity index is 2.32. The Morgan fingerprint density at radius 2 is 2.29 bits per heavy atom. The lowest BCUT2D eigenvalue weighted by atomic mass is 10.2. The molecule has 0 saturated carbocycles. The first-order valence-electron chi connectivity index (χ1n) is 4.82. The van der Waals surface area contributed by atoms with Gasteiger partial charge in [0.25, 0.3) is 0 Å². The molecule has 1 heterocycles. The molecular weight excluding hydrogens is 176 g/mol. The highest BCUT2D eigenvalue weighted by molar-refractivity contribution is 5.75. The van der Waals surface area contributed by atoms with Gasteiger partial charge < -0.3 is 9.72 Å². The lowest BCUT2D eigenvalue weighted by Crippen LogP contribution is -1.93. The molecule has 0 fully saturated rings. The summed E-state index contributed by atoms with van der Waals surface area (Å²) in [5.41, 5.74) is 3.33. The molecule has 1 aromatic carbocycles. The molecule has 0 saturated heterocycles. The van der Waals surface area contributed by atoms with Gasteiger partial charge in [0.1, 0.15) is 12.4 Å². The summed E-state index contributed by atoms with van der Waals surface area (Å²) in [6, 6.07) is 6.18. The minimum atomic E-state index is 0.560. The number of aromatic amines is 1. The number of hydrogen-bond donors (Lipinski definition) is 1. The van der Waals surface area contributed by atoms with Gasteiger partial charge in [0, 0.05) is 6.61 Å². The predicted molar refractivity (Wildman–Crippen MR) is 56.2 cm³/mol. The van der Waals surface area contributed by atoms with Crippen molar-refractivity contribution in [1.29, 1.82) is 0 Å². The minimum Gasteiger partial charge on any atom is -0.374 e. The lowest BCUT2D eigenvalue weighted by molar-refractivity contribution is 0.129. The molecule has 3 nitrogen and oxygen atoms in total. The molecule has 2 aromatic rings. The largest absolute Gasteiger partial charge is 0.374 e. The van der Waals surface area contributed by atoms with Gasteiger partial charge in [-0.1, -0.05) is 6.07 Å². The van der Waals surface area contributed by atoms with Crippen molar-refractivity contribution >= 4 is 11.0 Å². The van der Waals surface area contributed by atoms with Gasteiger partial charge in [-0.15, -0.1) is 0 Å². The van der Waals surface area contributed by atoms with E-state index in [2.05, 4.69) is 29.0 Å². The van der Waals surface area contributed by atoms with Crippen LogP contribution in [0.3, 0.4) is 0 Å². The number of hydrogen-bond acceptors (Lipinski definition) is 2. The zero-order chi connectivity index (χ0) is 9.97. The van der Waals surface area contributed by atoms with E-state index in [9.17, 15) is 0 Å². The summed E-state index contributed by atoms with van der Waals surface area (Å²) < 4.78 is 5.29. The van der Waals surface area contributed by atoms with Crippen LogP contribution in [0.2, 0.25) is 0 Å². The third-order valence-corrected chi connectivity index (χ3v) is 2.13. The van der Waals surface area contributed by atoms with Gasteiger partial charge in [0.2, 0.25) is 0 Å². The third-order valence-electron chi connectivity index (χ3n) is 2.13. The van der Waals surface area contributed by atoms with E-state index < -0.39 is 0 Å². The molecule has 2 rings (SSSR count). The number of rotatable bonds is 3. The average Bonchev–Trinajstić information content (AvgIpc) is 2.56. The van der Waals surface area contributed by atoms with E-state index in [1.807, 2.05) is 13.0 Å². The summed E-state index contributed by atoms with van der Waals surface area (Å²) in [4.78, 5) is 7.65. The van der Waals surface area contributed by atoms with Crippen LogP contribution in [-0.2, 0) is 11.3 Å². The van der Waals surface area contributed by atoms with Crippen molar-refractivity contribution in [2.75, 3.05) is 6.61 Å². The summed E-state index contributed by atoms with van der Waals surface area (Å²) in [5, 5.41) is 0. The Kier molecular flexibility index (Phi) is 2.50. The first-order valence-corrected chi connectivity index (χ1v) is 4.82. The van der Waals surface area contributed by atoms with E-state index in [0.717, 1.165) is 23.5 Å². The highest BCUT2D eigenvalue weighted by Gasteiger charge is 2.01. The van der Waals surface area contributed by atoms with Crippen molar-refractivity contribution in [3.8, 4) is 0 Å². The van der Waals surface area contributed by atoms with E-state index in [1.54, 1.807) is 0 Å². The monoisotopic (exact) mass is 190 g/mol. The fraction of sp³-hybridized carbons (Fsp3) is 0.364. The maximum Gasteiger partial charge on any atom is 0.133 e. The number of aryl methyl sites for hydroxylation is 1. The zero-order valence-electron chi connectivity index (χ0n) is 8.50. The smallest absolute Gasteiger partial charge is 0.133 e. The predicted octanol–water partition coefficient (Wildman–Crippen LogP) is 2.41. The van der Waals surface area contributed by atoms with Gasteiger partial charge >= 0.3 is 0 Å². The van der Waals surface area contributed by atoms with E-state index in [1.165, 1.54) is 5.56 Å². The molecule has 0 radical (unpaired) electrons. The Morgan fingerprint density at radius 3 is 3.07 bits per heavy atom. The molecular formula is C11H14N2O. The van der Waals surface area contributed by atoms with Crippen LogP contribution in [-0.4, -0.2) is 16.6 Å². The number of nitrogens with one attached hydrogen (secondary N) is 1. The molecule has 0 spiro atoms. The van der Waals surface area contributed by atoms with Gasteiger partial charge in [0.05, 0.1) is 11.0 Å². The number of aromatic nitrogens is 2. The molecule has 14 heavy (non-hydrogen) atoms. The summed E-state index contributed by atoms with van der Waals surface area (Å²) >= 11 is 0. The molecule has 0 aliphatic heterocycles. The van der Waals surface area contributed by atoms with Gasteiger partial charge in [-0.05, 0) is 31.5 Å².